The maximum atomic E-state index is 5.37. The summed E-state index contributed by atoms with van der Waals surface area (Å²) in [5, 5.41) is 4.53. The fourth-order valence-electron chi connectivity index (χ4n) is 2.16. The molecule has 0 aliphatic carbocycles. The van der Waals surface area contributed by atoms with Gasteiger partial charge in [-0.2, -0.15) is 4.98 Å². The van der Waals surface area contributed by atoms with E-state index in [1.54, 1.807) is 18.4 Å². The van der Waals surface area contributed by atoms with Gasteiger partial charge in [0.15, 0.2) is 5.13 Å². The Hall–Kier alpha value is -0.850. The average Bonchev–Trinajstić information content (AvgIpc) is 2.80. The molecule has 0 amide bonds. The Balaban J connectivity index is 2.57. The SMILES string of the molecule is COc1nc(N(C)C)sc1CNCC(CC(C)C)N(C)C. The molecule has 1 N–H and O–H groups in total. The van der Waals surface area contributed by atoms with Crippen LogP contribution >= 0.6 is 11.3 Å². The van der Waals surface area contributed by atoms with Gasteiger partial charge in [0.2, 0.25) is 5.88 Å². The first-order valence-corrected chi connectivity index (χ1v) is 8.25. The second-order valence-corrected chi connectivity index (χ2v) is 7.26. The Morgan fingerprint density at radius 2 is 1.90 bits per heavy atom. The van der Waals surface area contributed by atoms with Crippen LogP contribution in [-0.4, -0.2) is 57.8 Å². The monoisotopic (exact) mass is 314 g/mol. The molecule has 0 bridgehead atoms. The first-order valence-electron chi connectivity index (χ1n) is 7.43. The van der Waals surface area contributed by atoms with Crippen LogP contribution in [0.3, 0.4) is 0 Å². The summed E-state index contributed by atoms with van der Waals surface area (Å²) in [6.07, 6.45) is 1.20. The van der Waals surface area contributed by atoms with Crippen LogP contribution in [-0.2, 0) is 6.54 Å². The van der Waals surface area contributed by atoms with Gasteiger partial charge in [0.25, 0.3) is 0 Å². The molecular weight excluding hydrogens is 284 g/mol. The van der Waals surface area contributed by atoms with E-state index in [9.17, 15) is 0 Å². The molecule has 21 heavy (non-hydrogen) atoms. The smallest absolute Gasteiger partial charge is 0.230 e. The van der Waals surface area contributed by atoms with Crippen LogP contribution in [0.1, 0.15) is 25.1 Å². The maximum Gasteiger partial charge on any atom is 0.230 e. The van der Waals surface area contributed by atoms with E-state index in [2.05, 4.69) is 43.1 Å². The summed E-state index contributed by atoms with van der Waals surface area (Å²) in [4.78, 5) is 9.94. The minimum atomic E-state index is 0.553. The van der Waals surface area contributed by atoms with Gasteiger partial charge in [-0.25, -0.2) is 0 Å². The van der Waals surface area contributed by atoms with Gasteiger partial charge in [-0.1, -0.05) is 25.2 Å². The molecule has 0 fully saturated rings. The second kappa shape index (κ2) is 8.56. The van der Waals surface area contributed by atoms with E-state index in [-0.39, 0.29) is 0 Å². The van der Waals surface area contributed by atoms with Gasteiger partial charge in [-0.3, -0.25) is 0 Å². The molecule has 6 heteroatoms. The van der Waals surface area contributed by atoms with Crippen molar-refractivity contribution in [3.05, 3.63) is 4.88 Å². The Kier molecular flexibility index (Phi) is 7.42. The molecule has 0 aromatic carbocycles. The van der Waals surface area contributed by atoms with Crippen molar-refractivity contribution >= 4 is 16.5 Å². The van der Waals surface area contributed by atoms with E-state index < -0.39 is 0 Å². The van der Waals surface area contributed by atoms with Gasteiger partial charge >= 0.3 is 0 Å². The van der Waals surface area contributed by atoms with Crippen molar-refractivity contribution in [1.29, 1.82) is 0 Å². The Morgan fingerprint density at radius 1 is 1.24 bits per heavy atom. The highest BCUT2D eigenvalue weighted by Crippen LogP contribution is 2.30. The van der Waals surface area contributed by atoms with Crippen molar-refractivity contribution in [2.45, 2.75) is 32.9 Å². The molecule has 0 saturated carbocycles. The molecule has 5 nitrogen and oxygen atoms in total. The Morgan fingerprint density at radius 3 is 2.38 bits per heavy atom. The zero-order chi connectivity index (χ0) is 16.0. The number of anilines is 1. The van der Waals surface area contributed by atoms with Crippen molar-refractivity contribution in [3.63, 3.8) is 0 Å². The highest BCUT2D eigenvalue weighted by Gasteiger charge is 2.15. The van der Waals surface area contributed by atoms with Crippen LogP contribution < -0.4 is 15.0 Å². The molecule has 0 radical (unpaired) electrons. The lowest BCUT2D eigenvalue weighted by atomic mass is 10.0. The number of likely N-dealkylation sites (N-methyl/N-ethyl adjacent to an activating group) is 1. The molecule has 1 aromatic rings. The third-order valence-electron chi connectivity index (χ3n) is 3.37. The maximum absolute atomic E-state index is 5.37. The topological polar surface area (TPSA) is 40.6 Å². The van der Waals surface area contributed by atoms with Gasteiger partial charge in [-0.15, -0.1) is 0 Å². The molecule has 1 heterocycles. The van der Waals surface area contributed by atoms with Crippen LogP contribution in [0.25, 0.3) is 0 Å². The third kappa shape index (κ3) is 5.80. The largest absolute Gasteiger partial charge is 0.480 e. The van der Waals surface area contributed by atoms with E-state index >= 15 is 0 Å². The Bertz CT molecular complexity index is 418. The van der Waals surface area contributed by atoms with E-state index in [0.29, 0.717) is 12.0 Å². The number of aromatic nitrogens is 1. The predicted molar refractivity (Wildman–Crippen MR) is 91.6 cm³/mol. The van der Waals surface area contributed by atoms with E-state index in [1.165, 1.54) is 6.42 Å². The summed E-state index contributed by atoms with van der Waals surface area (Å²) in [5.74, 6) is 1.44. The first-order chi connectivity index (χ1) is 9.85. The zero-order valence-electron chi connectivity index (χ0n) is 14.4. The molecular formula is C15H30N4OS. The zero-order valence-corrected chi connectivity index (χ0v) is 15.3. The summed E-state index contributed by atoms with van der Waals surface area (Å²) in [7, 11) is 9.97. The molecule has 0 saturated heterocycles. The van der Waals surface area contributed by atoms with E-state index in [4.69, 9.17) is 4.74 Å². The van der Waals surface area contributed by atoms with Crippen LogP contribution in [0.4, 0.5) is 5.13 Å². The molecule has 1 unspecified atom stereocenters. The van der Waals surface area contributed by atoms with Crippen molar-refractivity contribution < 1.29 is 4.74 Å². The number of rotatable bonds is 9. The molecule has 1 aromatic heterocycles. The van der Waals surface area contributed by atoms with E-state index in [0.717, 1.165) is 29.0 Å². The van der Waals surface area contributed by atoms with Crippen molar-refractivity contribution in [3.8, 4) is 5.88 Å². The molecule has 1 atom stereocenters. The fourth-order valence-corrected chi connectivity index (χ4v) is 3.08. The van der Waals surface area contributed by atoms with Crippen LogP contribution in [0.5, 0.6) is 5.88 Å². The van der Waals surface area contributed by atoms with Crippen LogP contribution in [0.2, 0.25) is 0 Å². The summed E-state index contributed by atoms with van der Waals surface area (Å²) in [6, 6.07) is 0.553. The lowest BCUT2D eigenvalue weighted by Crippen LogP contribution is -2.38. The predicted octanol–water partition coefficient (Wildman–Crippen LogP) is 2.28. The molecule has 0 aliphatic rings. The first kappa shape index (κ1) is 18.2. The normalized spacial score (nSPS) is 13.0. The van der Waals surface area contributed by atoms with E-state index in [1.807, 2.05) is 19.0 Å². The molecule has 1 rings (SSSR count). The average molecular weight is 314 g/mol. The van der Waals surface area contributed by atoms with Gasteiger partial charge in [0, 0.05) is 33.2 Å². The molecule has 0 spiro atoms. The highest BCUT2D eigenvalue weighted by atomic mass is 32.1. The van der Waals surface area contributed by atoms with Crippen LogP contribution in [0, 0.1) is 5.92 Å². The minimum Gasteiger partial charge on any atom is -0.480 e. The number of hydrogen-bond acceptors (Lipinski definition) is 6. The number of nitrogens with zero attached hydrogens (tertiary/aromatic N) is 3. The summed E-state index contributed by atoms with van der Waals surface area (Å²) < 4.78 is 5.37. The van der Waals surface area contributed by atoms with Crippen molar-refractivity contribution in [1.82, 2.24) is 15.2 Å². The number of hydrogen-bond donors (Lipinski definition) is 1. The summed E-state index contributed by atoms with van der Waals surface area (Å²) in [6.45, 7) is 6.32. The Labute approximate surface area is 133 Å². The number of ether oxygens (including phenoxy) is 1. The van der Waals surface area contributed by atoms with Gasteiger partial charge < -0.3 is 19.9 Å². The third-order valence-corrected chi connectivity index (χ3v) is 4.57. The second-order valence-electron chi connectivity index (χ2n) is 6.20. The highest BCUT2D eigenvalue weighted by molar-refractivity contribution is 7.15. The van der Waals surface area contributed by atoms with Gasteiger partial charge in [0.05, 0.1) is 12.0 Å². The number of thiazole rings is 1. The van der Waals surface area contributed by atoms with Crippen LogP contribution in [0.15, 0.2) is 0 Å². The lowest BCUT2D eigenvalue weighted by Gasteiger charge is -2.26. The molecule has 0 aliphatic heterocycles. The number of methoxy groups -OCH3 is 1. The van der Waals surface area contributed by atoms with Crippen molar-refractivity contribution in [2.24, 2.45) is 5.92 Å². The van der Waals surface area contributed by atoms with Gasteiger partial charge in [-0.05, 0) is 26.4 Å². The summed E-state index contributed by atoms with van der Waals surface area (Å²) in [5.41, 5.74) is 0. The summed E-state index contributed by atoms with van der Waals surface area (Å²) >= 11 is 1.68. The standard InChI is InChI=1S/C15H30N4OS/c1-11(2)8-12(18(3)4)9-16-10-13-14(20-7)17-15(21-13)19(5)6/h11-12,16H,8-10H2,1-7H3. The quantitative estimate of drug-likeness (QED) is 0.757. The fraction of sp³-hybridized carbons (Fsp3) is 0.800. The minimum absolute atomic E-state index is 0.553. The van der Waals surface area contributed by atoms with Crippen molar-refractivity contribution in [2.75, 3.05) is 46.7 Å². The molecule has 122 valence electrons. The lowest BCUT2D eigenvalue weighted by molar-refractivity contribution is 0.246. The number of nitrogens with one attached hydrogen (secondary N) is 1. The van der Waals surface area contributed by atoms with Gasteiger partial charge in [0.1, 0.15) is 0 Å².